The van der Waals surface area contributed by atoms with Gasteiger partial charge in [0.05, 0.1) is 30.4 Å². The van der Waals surface area contributed by atoms with Crippen LogP contribution in [-0.4, -0.2) is 59.8 Å². The highest BCUT2D eigenvalue weighted by Gasteiger charge is 2.33. The third-order valence-electron chi connectivity index (χ3n) is 6.26. The van der Waals surface area contributed by atoms with E-state index in [2.05, 4.69) is 14.9 Å². The third-order valence-corrected chi connectivity index (χ3v) is 6.86. The first-order chi connectivity index (χ1) is 16.9. The first-order valence-corrected chi connectivity index (χ1v) is 11.7. The topological polar surface area (TPSA) is 101 Å². The molecule has 2 aliphatic heterocycles. The average molecular weight is 515 g/mol. The summed E-state index contributed by atoms with van der Waals surface area (Å²) >= 11 is 11.6. The van der Waals surface area contributed by atoms with Gasteiger partial charge in [-0.15, -0.1) is 0 Å². The van der Waals surface area contributed by atoms with E-state index in [4.69, 9.17) is 38.0 Å². The molecule has 0 saturated carbocycles. The van der Waals surface area contributed by atoms with E-state index < -0.39 is 5.56 Å². The third kappa shape index (κ3) is 4.07. The number of aromatic nitrogens is 2. The molecule has 0 amide bonds. The van der Waals surface area contributed by atoms with Crippen LogP contribution in [0.25, 0.3) is 5.69 Å². The van der Waals surface area contributed by atoms with Crippen molar-refractivity contribution in [2.45, 2.75) is 12.5 Å². The number of likely N-dealkylation sites (N-methyl/N-ethyl adjacent to an activating group) is 1. The lowest BCUT2D eigenvalue weighted by Gasteiger charge is -2.35. The van der Waals surface area contributed by atoms with Crippen molar-refractivity contribution in [3.63, 3.8) is 0 Å². The number of hydrogen-bond acceptors (Lipinski definition) is 8. The number of aromatic hydroxyl groups is 1. The summed E-state index contributed by atoms with van der Waals surface area (Å²) in [5, 5.41) is 11.3. The van der Waals surface area contributed by atoms with Gasteiger partial charge in [0, 0.05) is 18.3 Å². The van der Waals surface area contributed by atoms with Crippen molar-refractivity contribution >= 4 is 30.0 Å². The minimum Gasteiger partial charge on any atom is -0.494 e. The SMILES string of the molecule is COc1c2c(cc3c1[C@H](CN=Cc1c(O)n(-c4ccccc4Cl)c(=S)[nH]c1=O)N(C)CC3)OCO2. The van der Waals surface area contributed by atoms with E-state index in [1.54, 1.807) is 31.4 Å². The zero-order chi connectivity index (χ0) is 24.7. The van der Waals surface area contributed by atoms with Crippen LogP contribution in [0.1, 0.15) is 22.7 Å². The van der Waals surface area contributed by atoms with Crippen molar-refractivity contribution in [2.24, 2.45) is 4.99 Å². The molecule has 3 heterocycles. The Morgan fingerprint density at radius 2 is 2.17 bits per heavy atom. The summed E-state index contributed by atoms with van der Waals surface area (Å²) in [5.41, 5.74) is 1.97. The smallest absolute Gasteiger partial charge is 0.264 e. The zero-order valence-corrected chi connectivity index (χ0v) is 20.7. The second-order valence-electron chi connectivity index (χ2n) is 8.24. The van der Waals surface area contributed by atoms with Crippen molar-refractivity contribution in [1.29, 1.82) is 0 Å². The maximum absolute atomic E-state index is 12.6. The number of fused-ring (bicyclic) bond motifs is 2. The van der Waals surface area contributed by atoms with Gasteiger partial charge in [-0.25, -0.2) is 0 Å². The number of methoxy groups -OCH3 is 1. The molecule has 35 heavy (non-hydrogen) atoms. The van der Waals surface area contributed by atoms with Gasteiger partial charge in [-0.1, -0.05) is 23.7 Å². The number of hydrogen-bond donors (Lipinski definition) is 2. The highest BCUT2D eigenvalue weighted by molar-refractivity contribution is 7.71. The lowest BCUT2D eigenvalue weighted by molar-refractivity contribution is 0.170. The number of ether oxygens (including phenoxy) is 3. The Balaban J connectivity index is 1.52. The monoisotopic (exact) mass is 514 g/mol. The number of rotatable bonds is 5. The van der Waals surface area contributed by atoms with Crippen molar-refractivity contribution < 1.29 is 19.3 Å². The molecule has 3 aromatic rings. The van der Waals surface area contributed by atoms with Crippen molar-refractivity contribution in [1.82, 2.24) is 14.5 Å². The van der Waals surface area contributed by atoms with Gasteiger partial charge in [0.25, 0.3) is 5.56 Å². The predicted octanol–water partition coefficient (Wildman–Crippen LogP) is 3.64. The second kappa shape index (κ2) is 9.37. The number of para-hydroxylation sites is 1. The number of halogens is 1. The van der Waals surface area contributed by atoms with Crippen LogP contribution in [0, 0.1) is 4.77 Å². The Labute approximate surface area is 211 Å². The summed E-state index contributed by atoms with van der Waals surface area (Å²) in [5.74, 6) is 1.56. The molecular weight excluding hydrogens is 492 g/mol. The van der Waals surface area contributed by atoms with E-state index >= 15 is 0 Å². The molecule has 2 aromatic carbocycles. The number of nitrogens with zero attached hydrogens (tertiary/aromatic N) is 3. The summed E-state index contributed by atoms with van der Waals surface area (Å²) in [6.07, 6.45) is 2.19. The molecule has 0 unspecified atom stereocenters. The average Bonchev–Trinajstić information content (AvgIpc) is 3.30. The van der Waals surface area contributed by atoms with Gasteiger partial charge in [-0.3, -0.25) is 24.2 Å². The summed E-state index contributed by atoms with van der Waals surface area (Å²) in [6.45, 7) is 1.29. The van der Waals surface area contributed by atoms with E-state index in [1.165, 1.54) is 10.8 Å². The normalized spacial score (nSPS) is 17.1. The van der Waals surface area contributed by atoms with E-state index in [-0.39, 0.29) is 29.0 Å². The van der Waals surface area contributed by atoms with E-state index in [1.807, 2.05) is 13.1 Å². The number of H-pyrrole nitrogens is 1. The van der Waals surface area contributed by atoms with Gasteiger partial charge in [0.2, 0.25) is 18.4 Å². The van der Waals surface area contributed by atoms with Gasteiger partial charge < -0.3 is 19.3 Å². The molecule has 1 aromatic heterocycles. The standard InChI is InChI=1S/C24H23ClN4O5S/c1-28-8-7-13-9-18-20(34-12-33-18)21(32-2)19(13)17(28)11-26-10-14-22(30)27-24(35)29(23(14)31)16-6-4-3-5-15(16)25/h3-6,9-10,17,31H,7-8,11-12H2,1-2H3,(H,27,30,35)/t17-/m0/s1. The highest BCUT2D eigenvalue weighted by Crippen LogP contribution is 2.49. The van der Waals surface area contributed by atoms with Crippen LogP contribution in [0.3, 0.4) is 0 Å². The molecule has 0 radical (unpaired) electrons. The van der Waals surface area contributed by atoms with E-state index in [0.29, 0.717) is 34.5 Å². The van der Waals surface area contributed by atoms with Crippen LogP contribution in [0.2, 0.25) is 5.02 Å². The molecule has 1 atom stereocenters. The maximum atomic E-state index is 12.6. The largest absolute Gasteiger partial charge is 0.494 e. The minimum atomic E-state index is -0.544. The van der Waals surface area contributed by atoms with E-state index in [0.717, 1.165) is 24.1 Å². The first kappa shape index (κ1) is 23.4. The number of benzene rings is 2. The van der Waals surface area contributed by atoms with E-state index in [9.17, 15) is 9.90 Å². The van der Waals surface area contributed by atoms with Crippen molar-refractivity contribution in [3.05, 3.63) is 67.2 Å². The Bertz CT molecular complexity index is 1450. The lowest BCUT2D eigenvalue weighted by atomic mass is 9.91. The van der Waals surface area contributed by atoms with Gasteiger partial charge in [0.15, 0.2) is 16.3 Å². The molecule has 2 N–H and O–H groups in total. The molecule has 9 nitrogen and oxygen atoms in total. The molecule has 2 aliphatic rings. The Kier molecular flexibility index (Phi) is 6.26. The van der Waals surface area contributed by atoms with Crippen LogP contribution in [0.15, 0.2) is 40.1 Å². The number of aromatic amines is 1. The predicted molar refractivity (Wildman–Crippen MR) is 135 cm³/mol. The van der Waals surface area contributed by atoms with Crippen LogP contribution >= 0.6 is 23.8 Å². The second-order valence-corrected chi connectivity index (χ2v) is 9.03. The molecular formula is C24H23ClN4O5S. The fourth-order valence-corrected chi connectivity index (χ4v) is 5.01. The van der Waals surface area contributed by atoms with Crippen molar-refractivity contribution in [2.75, 3.05) is 34.0 Å². The van der Waals surface area contributed by atoms with Crippen LogP contribution in [-0.2, 0) is 6.42 Å². The zero-order valence-electron chi connectivity index (χ0n) is 19.1. The summed E-state index contributed by atoms with van der Waals surface area (Å²) in [7, 11) is 3.61. The molecule has 11 heteroatoms. The molecule has 0 bridgehead atoms. The first-order valence-electron chi connectivity index (χ1n) is 10.9. The van der Waals surface area contributed by atoms with Crippen molar-refractivity contribution in [3.8, 4) is 28.8 Å². The lowest BCUT2D eigenvalue weighted by Crippen LogP contribution is -2.34. The molecule has 5 rings (SSSR count). The summed E-state index contributed by atoms with van der Waals surface area (Å²) in [6, 6.07) is 8.76. The molecule has 182 valence electrons. The summed E-state index contributed by atoms with van der Waals surface area (Å²) < 4.78 is 18.3. The quantitative estimate of drug-likeness (QED) is 0.396. The fourth-order valence-electron chi connectivity index (χ4n) is 4.51. The van der Waals surface area contributed by atoms with Gasteiger partial charge >= 0.3 is 0 Å². The molecule has 0 saturated heterocycles. The molecule has 0 spiro atoms. The Morgan fingerprint density at radius 1 is 1.37 bits per heavy atom. The number of nitrogens with one attached hydrogen (secondary N) is 1. The van der Waals surface area contributed by atoms with Crippen LogP contribution < -0.4 is 19.8 Å². The van der Waals surface area contributed by atoms with Crippen LogP contribution in [0.5, 0.6) is 23.1 Å². The minimum absolute atomic E-state index is 0.0187. The molecule has 0 aliphatic carbocycles. The molecule has 0 fully saturated rings. The number of aliphatic imine (C=N–C) groups is 1. The Morgan fingerprint density at radius 3 is 2.94 bits per heavy atom. The van der Waals surface area contributed by atoms with Gasteiger partial charge in [-0.2, -0.15) is 0 Å². The maximum Gasteiger partial charge on any atom is 0.264 e. The highest BCUT2D eigenvalue weighted by atomic mass is 35.5. The fraction of sp³-hybridized carbons (Fsp3) is 0.292. The summed E-state index contributed by atoms with van der Waals surface area (Å²) in [4.78, 5) is 21.9. The van der Waals surface area contributed by atoms with Crippen LogP contribution in [0.4, 0.5) is 0 Å². The Hall–Kier alpha value is -3.34. The van der Waals surface area contributed by atoms with Gasteiger partial charge in [-0.05, 0) is 49.4 Å². The van der Waals surface area contributed by atoms with Gasteiger partial charge in [0.1, 0.15) is 5.56 Å².